The summed E-state index contributed by atoms with van der Waals surface area (Å²) in [5.74, 6) is 0. The quantitative estimate of drug-likeness (QED) is 0.465. The molecule has 1 saturated heterocycles. The fourth-order valence-corrected chi connectivity index (χ4v) is 3.70. The smallest absolute Gasteiger partial charge is 0.258 e. The Balaban J connectivity index is 2.52. The van der Waals surface area contributed by atoms with E-state index in [0.717, 1.165) is 0 Å². The maximum absolute atomic E-state index is 12.2. The second-order valence-corrected chi connectivity index (χ2v) is 6.38. The van der Waals surface area contributed by atoms with Gasteiger partial charge in [0.05, 0.1) is 4.92 Å². The first kappa shape index (κ1) is 12.0. The van der Waals surface area contributed by atoms with Gasteiger partial charge in [0.2, 0.25) is 0 Å². The van der Waals surface area contributed by atoms with Crippen molar-refractivity contribution in [3.8, 4) is 0 Å². The molecule has 7 heteroatoms. The van der Waals surface area contributed by atoms with Crippen LogP contribution in [0, 0.1) is 10.1 Å². The minimum atomic E-state index is -3.76. The minimum absolute atomic E-state index is 0.240. The Kier molecular flexibility index (Phi) is 2.48. The molecule has 0 saturated carbocycles. The van der Waals surface area contributed by atoms with Gasteiger partial charge in [-0.2, -0.15) is 4.31 Å². The first-order chi connectivity index (χ1) is 7.77. The summed E-state index contributed by atoms with van der Waals surface area (Å²) in [6.07, 6.45) is 0. The Morgan fingerprint density at radius 1 is 1.35 bits per heavy atom. The van der Waals surface area contributed by atoms with E-state index in [1.54, 1.807) is 13.8 Å². The topological polar surface area (TPSA) is 80.3 Å². The van der Waals surface area contributed by atoms with E-state index in [1.807, 2.05) is 0 Å². The first-order valence-electron chi connectivity index (χ1n) is 5.03. The van der Waals surface area contributed by atoms with Crippen LogP contribution in [0.4, 0.5) is 5.69 Å². The third-order valence-corrected chi connectivity index (χ3v) is 4.84. The second-order valence-electron chi connectivity index (χ2n) is 4.55. The van der Waals surface area contributed by atoms with Crippen molar-refractivity contribution in [2.75, 3.05) is 6.54 Å². The monoisotopic (exact) mass is 256 g/mol. The zero-order valence-electron chi connectivity index (χ0n) is 9.45. The molecule has 6 nitrogen and oxygen atoms in total. The van der Waals surface area contributed by atoms with E-state index >= 15 is 0 Å². The molecule has 0 aromatic heterocycles. The molecule has 1 aliphatic heterocycles. The highest BCUT2D eigenvalue weighted by atomic mass is 32.2. The van der Waals surface area contributed by atoms with Crippen molar-refractivity contribution in [3.63, 3.8) is 0 Å². The lowest BCUT2D eigenvalue weighted by Gasteiger charge is -2.08. The van der Waals surface area contributed by atoms with Crippen LogP contribution in [0.25, 0.3) is 0 Å². The Hall–Kier alpha value is -1.47. The average Bonchev–Trinajstić information content (AvgIpc) is 2.89. The van der Waals surface area contributed by atoms with E-state index in [2.05, 4.69) is 0 Å². The van der Waals surface area contributed by atoms with Crippen molar-refractivity contribution in [2.45, 2.75) is 24.3 Å². The van der Waals surface area contributed by atoms with Crippen LogP contribution in [0.15, 0.2) is 29.2 Å². The Bertz CT molecular complexity index is 580. The molecule has 0 radical (unpaired) electrons. The van der Waals surface area contributed by atoms with Gasteiger partial charge in [0.25, 0.3) is 15.7 Å². The van der Waals surface area contributed by atoms with Crippen LogP contribution < -0.4 is 0 Å². The third-order valence-electron chi connectivity index (χ3n) is 2.73. The summed E-state index contributed by atoms with van der Waals surface area (Å²) in [6, 6.07) is 5.40. The molecule has 0 spiro atoms. The first-order valence-corrected chi connectivity index (χ1v) is 6.47. The maximum Gasteiger partial charge on any atom is 0.289 e. The van der Waals surface area contributed by atoms with Crippen molar-refractivity contribution in [3.05, 3.63) is 34.4 Å². The van der Waals surface area contributed by atoms with Crippen LogP contribution in [0.3, 0.4) is 0 Å². The molecular weight excluding hydrogens is 244 g/mol. The van der Waals surface area contributed by atoms with Crippen LogP contribution in [-0.2, 0) is 10.0 Å². The number of nitrogens with zero attached hydrogens (tertiary/aromatic N) is 2. The van der Waals surface area contributed by atoms with Crippen molar-refractivity contribution in [1.29, 1.82) is 0 Å². The van der Waals surface area contributed by atoms with Crippen LogP contribution in [0.5, 0.6) is 0 Å². The maximum atomic E-state index is 12.2. The van der Waals surface area contributed by atoms with Crippen LogP contribution in [0.1, 0.15) is 13.8 Å². The molecule has 0 N–H and O–H groups in total. The number of nitro groups is 1. The lowest BCUT2D eigenvalue weighted by molar-refractivity contribution is -0.387. The van der Waals surface area contributed by atoms with Crippen LogP contribution in [-0.4, -0.2) is 29.7 Å². The predicted octanol–water partition coefficient (Wildman–Crippen LogP) is 1.38. The summed E-state index contributed by atoms with van der Waals surface area (Å²) in [5.41, 5.74) is -0.821. The number of sulfonamides is 1. The summed E-state index contributed by atoms with van der Waals surface area (Å²) in [5, 5.41) is 10.8. The summed E-state index contributed by atoms with van der Waals surface area (Å²) >= 11 is 0. The number of nitro benzene ring substituents is 1. The van der Waals surface area contributed by atoms with E-state index in [9.17, 15) is 18.5 Å². The van der Waals surface area contributed by atoms with Crippen molar-refractivity contribution in [1.82, 2.24) is 4.31 Å². The Morgan fingerprint density at radius 2 is 1.88 bits per heavy atom. The standard InChI is InChI=1S/C10H12N2O4S/c1-10(2)7-11(10)17(15,16)9-6-4-3-5-8(9)12(13)14/h3-6H,7H2,1-2H3. The van der Waals surface area contributed by atoms with Gasteiger partial charge in [0.15, 0.2) is 4.90 Å². The Morgan fingerprint density at radius 3 is 2.35 bits per heavy atom. The molecule has 92 valence electrons. The number of hydrogen-bond donors (Lipinski definition) is 0. The van der Waals surface area contributed by atoms with E-state index in [1.165, 1.54) is 28.6 Å². The molecule has 2 rings (SSSR count). The second kappa shape index (κ2) is 3.51. The van der Waals surface area contributed by atoms with Gasteiger partial charge in [-0.05, 0) is 19.9 Å². The largest absolute Gasteiger partial charge is 0.289 e. The van der Waals surface area contributed by atoms with E-state index in [-0.39, 0.29) is 10.6 Å². The summed E-state index contributed by atoms with van der Waals surface area (Å²) in [6.45, 7) is 3.94. The van der Waals surface area contributed by atoms with E-state index in [0.29, 0.717) is 6.54 Å². The lowest BCUT2D eigenvalue weighted by Crippen LogP contribution is -2.19. The third kappa shape index (κ3) is 1.91. The van der Waals surface area contributed by atoms with Gasteiger partial charge in [-0.3, -0.25) is 10.1 Å². The zero-order chi connectivity index (χ0) is 12.8. The van der Waals surface area contributed by atoms with Crippen molar-refractivity contribution in [2.24, 2.45) is 0 Å². The molecule has 1 aromatic carbocycles. The summed E-state index contributed by atoms with van der Waals surface area (Å²) in [7, 11) is -3.76. The molecule has 1 aliphatic rings. The lowest BCUT2D eigenvalue weighted by atomic mass is 10.2. The predicted molar refractivity (Wildman–Crippen MR) is 61.1 cm³/mol. The molecule has 1 fully saturated rings. The van der Waals surface area contributed by atoms with Gasteiger partial charge >= 0.3 is 0 Å². The van der Waals surface area contributed by atoms with Gasteiger partial charge in [-0.1, -0.05) is 12.1 Å². The Labute approximate surface area is 99.1 Å². The van der Waals surface area contributed by atoms with Crippen molar-refractivity contribution >= 4 is 15.7 Å². The number of hydrogen-bond acceptors (Lipinski definition) is 4. The molecule has 1 unspecified atom stereocenters. The normalized spacial score (nSPS) is 22.1. The molecule has 0 bridgehead atoms. The van der Waals surface area contributed by atoms with Gasteiger partial charge < -0.3 is 0 Å². The molecule has 0 aliphatic carbocycles. The fraction of sp³-hybridized carbons (Fsp3) is 0.400. The molecular formula is C10H12N2O4S. The van der Waals surface area contributed by atoms with Gasteiger partial charge in [0, 0.05) is 18.2 Å². The molecule has 1 aromatic rings. The molecule has 1 heterocycles. The minimum Gasteiger partial charge on any atom is -0.258 e. The van der Waals surface area contributed by atoms with Gasteiger partial charge in [0.1, 0.15) is 0 Å². The molecule has 0 amide bonds. The van der Waals surface area contributed by atoms with Crippen LogP contribution in [0.2, 0.25) is 0 Å². The summed E-state index contributed by atoms with van der Waals surface area (Å²) in [4.78, 5) is 9.88. The van der Waals surface area contributed by atoms with Crippen molar-refractivity contribution < 1.29 is 13.3 Å². The average molecular weight is 256 g/mol. The highest BCUT2D eigenvalue weighted by Crippen LogP contribution is 2.39. The molecule has 17 heavy (non-hydrogen) atoms. The van der Waals surface area contributed by atoms with E-state index in [4.69, 9.17) is 0 Å². The highest BCUT2D eigenvalue weighted by molar-refractivity contribution is 7.89. The zero-order valence-corrected chi connectivity index (χ0v) is 10.3. The highest BCUT2D eigenvalue weighted by Gasteiger charge is 2.53. The molecule has 1 atom stereocenters. The number of benzene rings is 1. The van der Waals surface area contributed by atoms with E-state index < -0.39 is 20.5 Å². The van der Waals surface area contributed by atoms with Gasteiger partial charge in [-0.15, -0.1) is 0 Å². The number of rotatable bonds is 3. The summed E-state index contributed by atoms with van der Waals surface area (Å²) < 4.78 is 25.6. The van der Waals surface area contributed by atoms with Gasteiger partial charge in [-0.25, -0.2) is 8.42 Å². The SMILES string of the molecule is CC1(C)CN1S(=O)(=O)c1ccccc1[N+](=O)[O-]. The fourth-order valence-electron chi connectivity index (χ4n) is 1.67. The van der Waals surface area contributed by atoms with Crippen LogP contribution >= 0.6 is 0 Å². The number of para-hydroxylation sites is 1.